The maximum absolute atomic E-state index is 14.4. The zero-order chi connectivity index (χ0) is 25.9. The van der Waals surface area contributed by atoms with E-state index in [1.807, 2.05) is 6.07 Å². The normalized spacial score (nSPS) is 34.2. The lowest BCUT2D eigenvalue weighted by molar-refractivity contribution is -0.318. The van der Waals surface area contributed by atoms with Crippen molar-refractivity contribution in [3.8, 4) is 0 Å². The van der Waals surface area contributed by atoms with Crippen LogP contribution in [-0.2, 0) is 29.2 Å². The van der Waals surface area contributed by atoms with E-state index >= 15 is 0 Å². The van der Waals surface area contributed by atoms with Gasteiger partial charge in [0.25, 0.3) is 0 Å². The van der Waals surface area contributed by atoms with Crippen molar-refractivity contribution in [2.24, 2.45) is 21.6 Å². The van der Waals surface area contributed by atoms with Crippen LogP contribution in [0.5, 0.6) is 0 Å². The average molecular weight is 529 g/mol. The van der Waals surface area contributed by atoms with Crippen molar-refractivity contribution in [2.75, 3.05) is 20.3 Å². The highest BCUT2D eigenvalue weighted by Gasteiger charge is 2.61. The molecule has 4 rings (SSSR count). The Morgan fingerprint density at radius 1 is 1.06 bits per heavy atom. The van der Waals surface area contributed by atoms with E-state index in [0.29, 0.717) is 37.4 Å². The first-order valence-electron chi connectivity index (χ1n) is 12.3. The summed E-state index contributed by atoms with van der Waals surface area (Å²) in [5.41, 5.74) is -0.101. The van der Waals surface area contributed by atoms with E-state index in [1.165, 1.54) is 7.05 Å². The van der Waals surface area contributed by atoms with Crippen LogP contribution in [-0.4, -0.2) is 65.9 Å². The lowest BCUT2D eigenvalue weighted by Gasteiger charge is -2.49. The Morgan fingerprint density at radius 2 is 1.66 bits per heavy atom. The second-order valence-electron chi connectivity index (χ2n) is 12.0. The number of hydrogen-bond donors (Lipinski definition) is 2. The molecule has 3 fully saturated rings. The molecule has 8 nitrogen and oxygen atoms in total. The molecule has 35 heavy (non-hydrogen) atoms. The van der Waals surface area contributed by atoms with E-state index in [0.717, 1.165) is 0 Å². The Balaban J connectivity index is 1.75. The van der Waals surface area contributed by atoms with Gasteiger partial charge in [-0.05, 0) is 51.2 Å². The molecule has 3 aliphatic rings. The lowest BCUT2D eigenvalue weighted by Crippen LogP contribution is -2.55. The van der Waals surface area contributed by atoms with Crippen LogP contribution in [0.25, 0.3) is 0 Å². The number of hydrogen-bond acceptors (Lipinski definition) is 7. The van der Waals surface area contributed by atoms with Crippen LogP contribution >= 0.6 is 0 Å². The third-order valence-corrected chi connectivity index (χ3v) is 12.9. The Labute approximate surface area is 210 Å². The van der Waals surface area contributed by atoms with E-state index in [-0.39, 0.29) is 17.3 Å². The Morgan fingerprint density at radius 3 is 2.20 bits per heavy atom. The number of ether oxygens (including phenoxy) is 2. The standard InChI is InChI=1S/C25H40N2O6S2/c1-23(2,3)35(30,31)27-20-19-14-25(32-15-24(4,5)16-33-25)13-12-18(19)22(21(20)28)34(29,26-6)17-10-8-7-9-11-17/h7-11,18-22,27-28H,12-16H2,1-6H3/t18-,19+,20-,21-,22+,34+/m0/s1. The number of nitrogens with one attached hydrogen (secondary N) is 1. The Hall–Kier alpha value is -1.04. The molecule has 0 unspecified atom stereocenters. The zero-order valence-corrected chi connectivity index (χ0v) is 23.2. The molecule has 1 heterocycles. The molecule has 1 aromatic carbocycles. The van der Waals surface area contributed by atoms with E-state index in [1.54, 1.807) is 45.0 Å². The fourth-order valence-electron chi connectivity index (χ4n) is 5.66. The minimum Gasteiger partial charge on any atom is -0.390 e. The van der Waals surface area contributed by atoms with Gasteiger partial charge in [-0.3, -0.25) is 0 Å². The van der Waals surface area contributed by atoms with Gasteiger partial charge in [0.15, 0.2) is 5.79 Å². The number of fused-ring (bicyclic) bond motifs is 1. The number of aliphatic hydroxyl groups is 1. The maximum atomic E-state index is 14.4. The quantitative estimate of drug-likeness (QED) is 0.621. The minimum atomic E-state index is -3.78. The second kappa shape index (κ2) is 9.06. The van der Waals surface area contributed by atoms with Crippen molar-refractivity contribution in [1.29, 1.82) is 0 Å². The first-order chi connectivity index (χ1) is 16.1. The smallest absolute Gasteiger partial charge is 0.216 e. The van der Waals surface area contributed by atoms with Crippen molar-refractivity contribution in [3.63, 3.8) is 0 Å². The van der Waals surface area contributed by atoms with Gasteiger partial charge in [-0.15, -0.1) is 0 Å². The van der Waals surface area contributed by atoms with Gasteiger partial charge in [0.1, 0.15) is 0 Å². The summed E-state index contributed by atoms with van der Waals surface area (Å²) in [6, 6.07) is 8.17. The van der Waals surface area contributed by atoms with Crippen molar-refractivity contribution in [2.45, 2.75) is 86.7 Å². The molecule has 0 bridgehead atoms. The highest BCUT2D eigenvalue weighted by atomic mass is 32.2. The largest absolute Gasteiger partial charge is 0.390 e. The van der Waals surface area contributed by atoms with Crippen molar-refractivity contribution < 1.29 is 27.2 Å². The molecule has 6 atom stereocenters. The molecule has 2 aliphatic carbocycles. The van der Waals surface area contributed by atoms with Crippen LogP contribution in [0, 0.1) is 17.3 Å². The molecule has 0 amide bonds. The fraction of sp³-hybridized carbons (Fsp3) is 0.760. The Bertz CT molecular complexity index is 1140. The third-order valence-electron chi connectivity index (χ3n) is 7.81. The number of rotatable bonds is 4. The van der Waals surface area contributed by atoms with Crippen molar-refractivity contribution in [3.05, 3.63) is 30.3 Å². The lowest BCUT2D eigenvalue weighted by atomic mass is 9.76. The molecule has 2 N–H and O–H groups in total. The molecule has 0 aromatic heterocycles. The van der Waals surface area contributed by atoms with E-state index in [4.69, 9.17) is 9.47 Å². The maximum Gasteiger partial charge on any atom is 0.216 e. The van der Waals surface area contributed by atoms with Gasteiger partial charge in [0.05, 0.1) is 45.1 Å². The van der Waals surface area contributed by atoms with Crippen LogP contribution < -0.4 is 4.72 Å². The number of sulfonamides is 1. The van der Waals surface area contributed by atoms with Gasteiger partial charge >= 0.3 is 0 Å². The van der Waals surface area contributed by atoms with Crippen LogP contribution in [0.2, 0.25) is 0 Å². The summed E-state index contributed by atoms with van der Waals surface area (Å²) < 4.78 is 59.4. The fourth-order valence-corrected chi connectivity index (χ4v) is 9.36. The number of benzene rings is 1. The summed E-state index contributed by atoms with van der Waals surface area (Å²) in [5.74, 6) is -1.34. The predicted octanol–water partition coefficient (Wildman–Crippen LogP) is 3.16. The predicted molar refractivity (Wildman–Crippen MR) is 136 cm³/mol. The average Bonchev–Trinajstić information content (AvgIpc) is 3.06. The summed E-state index contributed by atoms with van der Waals surface area (Å²) in [5, 5.41) is 10.9. The molecule has 1 spiro atoms. The van der Waals surface area contributed by atoms with Crippen LogP contribution in [0.15, 0.2) is 39.6 Å². The van der Waals surface area contributed by atoms with Crippen molar-refractivity contribution in [1.82, 2.24) is 4.72 Å². The molecule has 1 aromatic rings. The summed E-state index contributed by atoms with van der Waals surface area (Å²) in [7, 11) is -5.29. The van der Waals surface area contributed by atoms with Gasteiger partial charge < -0.3 is 14.6 Å². The molecular formula is C25H40N2O6S2. The van der Waals surface area contributed by atoms with Crippen LogP contribution in [0.3, 0.4) is 0 Å². The molecule has 0 radical (unpaired) electrons. The third kappa shape index (κ3) is 4.82. The van der Waals surface area contributed by atoms with Gasteiger partial charge in [-0.1, -0.05) is 32.0 Å². The monoisotopic (exact) mass is 528 g/mol. The first kappa shape index (κ1) is 27.0. The van der Waals surface area contributed by atoms with Gasteiger partial charge in [-0.25, -0.2) is 21.7 Å². The summed E-state index contributed by atoms with van der Waals surface area (Å²) >= 11 is 0. The van der Waals surface area contributed by atoms with Gasteiger partial charge in [0.2, 0.25) is 10.0 Å². The van der Waals surface area contributed by atoms with Crippen molar-refractivity contribution >= 4 is 19.8 Å². The summed E-state index contributed by atoms with van der Waals surface area (Å²) in [4.78, 5) is 0.553. The summed E-state index contributed by atoms with van der Waals surface area (Å²) in [6.07, 6.45) is 0.445. The SMILES string of the molecule is CN=[S@@](=O)(c1ccccc1)[C@H]1[C@@H](O)[C@@H](NS(=O)(=O)C(C)(C)C)[C@@H]2CC3(CC[C@@H]21)OCC(C)(C)CO3. The second-order valence-corrected chi connectivity index (χ2v) is 17.0. The molecule has 198 valence electrons. The first-order valence-corrected chi connectivity index (χ1v) is 15.4. The molecule has 1 aliphatic heterocycles. The highest BCUT2D eigenvalue weighted by molar-refractivity contribution is 7.94. The molecule has 1 saturated heterocycles. The van der Waals surface area contributed by atoms with Gasteiger partial charge in [-0.2, -0.15) is 0 Å². The topological polar surface area (TPSA) is 114 Å². The zero-order valence-electron chi connectivity index (χ0n) is 21.6. The van der Waals surface area contributed by atoms with Crippen LogP contribution in [0.4, 0.5) is 0 Å². The molecular weight excluding hydrogens is 488 g/mol. The van der Waals surface area contributed by atoms with E-state index < -0.39 is 47.7 Å². The Kier molecular flexibility index (Phi) is 6.99. The summed E-state index contributed by atoms with van der Waals surface area (Å²) in [6.45, 7) is 10.1. The van der Waals surface area contributed by atoms with Gasteiger partial charge in [0, 0.05) is 30.2 Å². The van der Waals surface area contributed by atoms with Crippen LogP contribution in [0.1, 0.15) is 53.9 Å². The molecule has 2 saturated carbocycles. The number of nitrogens with zero attached hydrogens (tertiary/aromatic N) is 1. The number of aliphatic hydroxyl groups excluding tert-OH is 1. The van der Waals surface area contributed by atoms with E-state index in [9.17, 15) is 17.7 Å². The highest BCUT2D eigenvalue weighted by Crippen LogP contribution is 2.53. The van der Waals surface area contributed by atoms with E-state index in [2.05, 4.69) is 22.9 Å². The minimum absolute atomic E-state index is 0.101. The molecule has 10 heteroatoms.